The zero-order chi connectivity index (χ0) is 13.6. The number of imidazole rings is 1. The van der Waals surface area contributed by atoms with Gasteiger partial charge < -0.3 is 19.5 Å². The second-order valence-electron chi connectivity index (χ2n) is 4.54. The molecule has 3 rings (SSSR count). The molecular weight excluding hydrogens is 291 g/mol. The van der Waals surface area contributed by atoms with Crippen molar-refractivity contribution < 1.29 is 14.9 Å². The fourth-order valence-corrected chi connectivity index (χ4v) is 2.64. The van der Waals surface area contributed by atoms with Crippen LogP contribution in [0, 0.1) is 0 Å². The van der Waals surface area contributed by atoms with E-state index in [-0.39, 0.29) is 12.7 Å². The summed E-state index contributed by atoms with van der Waals surface area (Å²) in [6, 6.07) is 3.36. The second-order valence-corrected chi connectivity index (χ2v) is 5.36. The van der Waals surface area contributed by atoms with Gasteiger partial charge in [0, 0.05) is 6.42 Å². The van der Waals surface area contributed by atoms with Crippen LogP contribution >= 0.6 is 23.2 Å². The summed E-state index contributed by atoms with van der Waals surface area (Å²) in [5.41, 5.74) is 1.41. The molecule has 1 aromatic heterocycles. The minimum atomic E-state index is -0.691. The molecule has 0 radical (unpaired) electrons. The minimum absolute atomic E-state index is 0.118. The van der Waals surface area contributed by atoms with Crippen LogP contribution in [0.3, 0.4) is 0 Å². The second kappa shape index (κ2) is 4.92. The Labute approximate surface area is 119 Å². The summed E-state index contributed by atoms with van der Waals surface area (Å²) in [4.78, 5) is 4.22. The molecule has 3 atom stereocenters. The third-order valence-electron chi connectivity index (χ3n) is 3.26. The number of ether oxygens (including phenoxy) is 1. The van der Waals surface area contributed by atoms with Gasteiger partial charge in [0.05, 0.1) is 40.1 Å². The number of halogens is 2. The molecule has 102 valence electrons. The average molecular weight is 303 g/mol. The van der Waals surface area contributed by atoms with Crippen molar-refractivity contribution in [2.45, 2.75) is 24.9 Å². The zero-order valence-electron chi connectivity index (χ0n) is 9.83. The van der Waals surface area contributed by atoms with Crippen LogP contribution in [-0.4, -0.2) is 38.6 Å². The first-order chi connectivity index (χ1) is 9.10. The summed E-state index contributed by atoms with van der Waals surface area (Å²) in [5.74, 6) is 0. The summed E-state index contributed by atoms with van der Waals surface area (Å²) < 4.78 is 7.30. The van der Waals surface area contributed by atoms with Gasteiger partial charge in [-0.25, -0.2) is 4.98 Å². The van der Waals surface area contributed by atoms with E-state index in [1.807, 2.05) is 0 Å². The van der Waals surface area contributed by atoms with Gasteiger partial charge >= 0.3 is 0 Å². The molecule has 0 unspecified atom stereocenters. The van der Waals surface area contributed by atoms with Crippen molar-refractivity contribution in [3.8, 4) is 0 Å². The van der Waals surface area contributed by atoms with E-state index in [1.165, 1.54) is 0 Å². The topological polar surface area (TPSA) is 67.5 Å². The SMILES string of the molecule is OC[C@@H]1C[C@H](O)[C@H](n2cnc3cc(Cl)c(Cl)cc32)O1. The van der Waals surface area contributed by atoms with Crippen molar-refractivity contribution >= 4 is 34.2 Å². The largest absolute Gasteiger partial charge is 0.394 e. The first kappa shape index (κ1) is 13.1. The third kappa shape index (κ3) is 2.22. The highest BCUT2D eigenvalue weighted by atomic mass is 35.5. The molecule has 0 amide bonds. The Morgan fingerprint density at radius 3 is 2.79 bits per heavy atom. The molecule has 2 aromatic rings. The number of benzene rings is 1. The van der Waals surface area contributed by atoms with Gasteiger partial charge in [-0.1, -0.05) is 23.2 Å². The monoisotopic (exact) mass is 302 g/mol. The lowest BCUT2D eigenvalue weighted by Crippen LogP contribution is -2.18. The quantitative estimate of drug-likeness (QED) is 0.890. The van der Waals surface area contributed by atoms with E-state index in [0.717, 1.165) is 5.52 Å². The zero-order valence-corrected chi connectivity index (χ0v) is 11.3. The van der Waals surface area contributed by atoms with Crippen molar-refractivity contribution in [1.29, 1.82) is 0 Å². The van der Waals surface area contributed by atoms with Gasteiger partial charge in [0.15, 0.2) is 6.23 Å². The van der Waals surface area contributed by atoms with Crippen LogP contribution in [0.2, 0.25) is 10.0 Å². The Kier molecular flexibility index (Phi) is 3.41. The molecule has 1 fully saturated rings. The predicted molar refractivity (Wildman–Crippen MR) is 71.4 cm³/mol. The number of aromatic nitrogens is 2. The van der Waals surface area contributed by atoms with E-state index in [2.05, 4.69) is 4.98 Å². The van der Waals surface area contributed by atoms with Crippen LogP contribution in [0.15, 0.2) is 18.5 Å². The van der Waals surface area contributed by atoms with E-state index < -0.39 is 12.3 Å². The Morgan fingerprint density at radius 2 is 2.11 bits per heavy atom. The van der Waals surface area contributed by atoms with Crippen molar-refractivity contribution in [2.75, 3.05) is 6.61 Å². The molecule has 1 saturated heterocycles. The van der Waals surface area contributed by atoms with Crippen LogP contribution in [0.5, 0.6) is 0 Å². The van der Waals surface area contributed by atoms with Crippen LogP contribution < -0.4 is 0 Å². The maximum Gasteiger partial charge on any atom is 0.161 e. The Balaban J connectivity index is 2.04. The predicted octanol–water partition coefficient (Wildman–Crippen LogP) is 1.98. The molecule has 1 aliphatic rings. The molecular formula is C12H12Cl2N2O3. The lowest BCUT2D eigenvalue weighted by molar-refractivity contribution is -0.0484. The lowest BCUT2D eigenvalue weighted by Gasteiger charge is -2.17. The van der Waals surface area contributed by atoms with Gasteiger partial charge in [-0.05, 0) is 12.1 Å². The molecule has 0 spiro atoms. The van der Waals surface area contributed by atoms with Crippen molar-refractivity contribution in [3.05, 3.63) is 28.5 Å². The summed E-state index contributed by atoms with van der Waals surface area (Å²) >= 11 is 11.9. The van der Waals surface area contributed by atoms with E-state index in [0.29, 0.717) is 22.0 Å². The number of hydrogen-bond acceptors (Lipinski definition) is 4. The number of aliphatic hydroxyl groups is 2. The summed E-state index contributed by atoms with van der Waals surface area (Å²) in [5, 5.41) is 19.9. The van der Waals surface area contributed by atoms with Crippen LogP contribution in [0.1, 0.15) is 12.6 Å². The highest BCUT2D eigenvalue weighted by Gasteiger charge is 2.35. The van der Waals surface area contributed by atoms with Crippen molar-refractivity contribution in [3.63, 3.8) is 0 Å². The fourth-order valence-electron chi connectivity index (χ4n) is 2.32. The van der Waals surface area contributed by atoms with Crippen molar-refractivity contribution in [2.24, 2.45) is 0 Å². The smallest absolute Gasteiger partial charge is 0.161 e. The Hall–Kier alpha value is -0.850. The number of nitrogens with zero attached hydrogens (tertiary/aromatic N) is 2. The number of aliphatic hydroxyl groups excluding tert-OH is 2. The molecule has 2 heterocycles. The Bertz CT molecular complexity index is 616. The van der Waals surface area contributed by atoms with Crippen LogP contribution in [0.25, 0.3) is 11.0 Å². The van der Waals surface area contributed by atoms with Crippen molar-refractivity contribution in [1.82, 2.24) is 9.55 Å². The molecule has 7 heteroatoms. The van der Waals surface area contributed by atoms with Gasteiger partial charge in [0.1, 0.15) is 6.10 Å². The number of rotatable bonds is 2. The van der Waals surface area contributed by atoms with Gasteiger partial charge in [0.25, 0.3) is 0 Å². The first-order valence-corrected chi connectivity index (χ1v) is 6.61. The molecule has 5 nitrogen and oxygen atoms in total. The first-order valence-electron chi connectivity index (χ1n) is 5.86. The average Bonchev–Trinajstić information content (AvgIpc) is 2.93. The standard InChI is InChI=1S/C12H12Cl2N2O3/c13-7-2-9-10(3-8(7)14)16(5-15-9)12-11(18)1-6(4-17)19-12/h2-3,5-6,11-12,17-18H,1,4H2/t6-,11-,12+/m0/s1. The lowest BCUT2D eigenvalue weighted by atomic mass is 10.2. The maximum absolute atomic E-state index is 10.0. The number of fused-ring (bicyclic) bond motifs is 1. The van der Waals surface area contributed by atoms with Crippen LogP contribution in [0.4, 0.5) is 0 Å². The molecule has 0 bridgehead atoms. The summed E-state index contributed by atoms with van der Waals surface area (Å²) in [6.07, 6.45) is 0.344. The molecule has 1 aliphatic heterocycles. The maximum atomic E-state index is 10.0. The van der Waals surface area contributed by atoms with E-state index >= 15 is 0 Å². The number of hydrogen-bond donors (Lipinski definition) is 2. The molecule has 0 saturated carbocycles. The molecule has 19 heavy (non-hydrogen) atoms. The molecule has 0 aliphatic carbocycles. The minimum Gasteiger partial charge on any atom is -0.394 e. The third-order valence-corrected chi connectivity index (χ3v) is 3.98. The van der Waals surface area contributed by atoms with E-state index in [9.17, 15) is 5.11 Å². The normalized spacial score (nSPS) is 27.3. The highest BCUT2D eigenvalue weighted by Crippen LogP contribution is 2.33. The van der Waals surface area contributed by atoms with Gasteiger partial charge in [-0.15, -0.1) is 0 Å². The van der Waals surface area contributed by atoms with Crippen LogP contribution in [-0.2, 0) is 4.74 Å². The molecule has 2 N–H and O–H groups in total. The summed E-state index contributed by atoms with van der Waals surface area (Å²) in [7, 11) is 0. The van der Waals surface area contributed by atoms with Gasteiger partial charge in [-0.3, -0.25) is 0 Å². The highest BCUT2D eigenvalue weighted by molar-refractivity contribution is 6.42. The van der Waals surface area contributed by atoms with E-state index in [4.69, 9.17) is 33.0 Å². The fraction of sp³-hybridized carbons (Fsp3) is 0.417. The Morgan fingerprint density at radius 1 is 1.37 bits per heavy atom. The molecule has 1 aromatic carbocycles. The van der Waals surface area contributed by atoms with E-state index in [1.54, 1.807) is 23.0 Å². The summed E-state index contributed by atoms with van der Waals surface area (Å²) in [6.45, 7) is -0.118. The van der Waals surface area contributed by atoms with Gasteiger partial charge in [-0.2, -0.15) is 0 Å². The van der Waals surface area contributed by atoms with Gasteiger partial charge in [0.2, 0.25) is 0 Å².